The number of carbonyl (C=O) groups excluding carboxylic acids is 2. The van der Waals surface area contributed by atoms with E-state index in [1.807, 2.05) is 12.1 Å². The maximum atomic E-state index is 13.0. The van der Waals surface area contributed by atoms with Gasteiger partial charge in [-0.2, -0.15) is 0 Å². The molecule has 7 heteroatoms. The lowest BCUT2D eigenvalue weighted by Gasteiger charge is -2.59. The van der Waals surface area contributed by atoms with Crippen molar-refractivity contribution in [1.29, 1.82) is 0 Å². The fraction of sp³-hybridized carbons (Fsp3) is 0.680. The molecule has 0 atom stereocenters. The fourth-order valence-corrected chi connectivity index (χ4v) is 8.83. The normalized spacial score (nSPS) is 36.3. The predicted octanol–water partition coefficient (Wildman–Crippen LogP) is 4.61. The second kappa shape index (κ2) is 8.37. The summed E-state index contributed by atoms with van der Waals surface area (Å²) in [7, 11) is 0. The minimum Gasteiger partial charge on any atom is -0.477 e. The van der Waals surface area contributed by atoms with Gasteiger partial charge in [0.2, 0.25) is 5.88 Å². The monoisotopic (exact) mass is 551 g/mol. The van der Waals surface area contributed by atoms with Crippen LogP contribution in [0.3, 0.4) is 0 Å². The van der Waals surface area contributed by atoms with E-state index >= 15 is 0 Å². The topological polar surface area (TPSA) is 74.7 Å². The molecular weight excluding hydrogens is 521 g/mol. The Morgan fingerprint density at radius 3 is 2.19 bits per heavy atom. The molecule has 6 aliphatic rings. The smallest absolute Gasteiger partial charge is 0.354 e. The van der Waals surface area contributed by atoms with Gasteiger partial charge in [-0.05, 0) is 68.8 Å². The van der Waals surface area contributed by atoms with Crippen LogP contribution in [0.25, 0.3) is 0 Å². The Kier molecular flexibility index (Phi) is 5.50. The molecule has 7 rings (SSSR count). The first-order valence-corrected chi connectivity index (χ1v) is 14.3. The molecule has 6 nitrogen and oxygen atoms in total. The van der Waals surface area contributed by atoms with Crippen LogP contribution in [0.5, 0.6) is 5.88 Å². The van der Waals surface area contributed by atoms with E-state index in [2.05, 4.69) is 4.98 Å². The fourth-order valence-electron chi connectivity index (χ4n) is 6.90. The molecule has 172 valence electrons. The number of halogens is 1. The number of carbonyl (C=O) groups is 2. The van der Waals surface area contributed by atoms with Gasteiger partial charge in [0.05, 0.1) is 6.61 Å². The van der Waals surface area contributed by atoms with Crippen molar-refractivity contribution >= 4 is 36.2 Å². The van der Waals surface area contributed by atoms with Crippen molar-refractivity contribution in [2.75, 3.05) is 6.61 Å². The first-order chi connectivity index (χ1) is 15.6. The Balaban J connectivity index is 1.13. The van der Waals surface area contributed by atoms with Crippen LogP contribution in [-0.2, 0) is 19.1 Å². The van der Waals surface area contributed by atoms with Crippen LogP contribution in [0.15, 0.2) is 18.3 Å². The van der Waals surface area contributed by atoms with E-state index in [1.54, 1.807) is 6.20 Å². The third-order valence-corrected chi connectivity index (χ3v) is 10.9. The lowest BCUT2D eigenvalue weighted by Crippen LogP contribution is -2.65. The van der Waals surface area contributed by atoms with Crippen molar-refractivity contribution in [3.8, 4) is 5.88 Å². The molecule has 5 aliphatic carbocycles. The molecule has 1 aromatic rings. The van der Waals surface area contributed by atoms with Crippen LogP contribution in [0, 0.1) is 33.2 Å². The average Bonchev–Trinajstić information content (AvgIpc) is 2.80. The molecule has 0 N–H and O–H groups in total. The van der Waals surface area contributed by atoms with Gasteiger partial charge in [-0.3, -0.25) is 0 Å². The van der Waals surface area contributed by atoms with Gasteiger partial charge in [0.15, 0.2) is 3.51 Å². The van der Waals surface area contributed by atoms with Crippen molar-refractivity contribution in [3.63, 3.8) is 0 Å². The minimum atomic E-state index is -1.02. The average molecular weight is 551 g/mol. The number of esters is 2. The molecule has 2 heterocycles. The molecule has 5 saturated carbocycles. The van der Waals surface area contributed by atoms with Crippen molar-refractivity contribution in [2.24, 2.45) is 29.6 Å². The SMILES string of the molecule is O=C1OC2(OC(=O)C1=Ic1ccc(OCC3CCCCC3)nc1)C1CC3CC(C1)CC2C3. The number of hydrogen-bond acceptors (Lipinski definition) is 6. The highest BCUT2D eigenvalue weighted by Gasteiger charge is 2.64. The molecule has 4 bridgehead atoms. The molecule has 0 radical (unpaired) electrons. The molecule has 6 fully saturated rings. The van der Waals surface area contributed by atoms with Crippen LogP contribution in [0.1, 0.15) is 64.2 Å². The molecule has 1 saturated heterocycles. The summed E-state index contributed by atoms with van der Waals surface area (Å²) in [5, 5.41) is 0. The maximum absolute atomic E-state index is 13.0. The number of ether oxygens (including phenoxy) is 3. The number of nitrogens with zero attached hydrogens (tertiary/aromatic N) is 1. The summed E-state index contributed by atoms with van der Waals surface area (Å²) in [6, 6.07) is 3.76. The van der Waals surface area contributed by atoms with E-state index in [4.69, 9.17) is 14.2 Å². The summed E-state index contributed by atoms with van der Waals surface area (Å²) in [5.74, 6) is 1.09. The van der Waals surface area contributed by atoms with E-state index in [0.29, 0.717) is 30.2 Å². The summed E-state index contributed by atoms with van der Waals surface area (Å²) in [5.41, 5.74) is 0. The molecule has 0 unspecified atom stereocenters. The molecule has 0 aromatic carbocycles. The van der Waals surface area contributed by atoms with E-state index in [-0.39, 0.29) is 15.3 Å². The zero-order valence-electron chi connectivity index (χ0n) is 18.3. The molecule has 32 heavy (non-hydrogen) atoms. The Hall–Kier alpha value is -1.51. The highest BCUT2D eigenvalue weighted by Crippen LogP contribution is 2.60. The van der Waals surface area contributed by atoms with Crippen LogP contribution >= 0.6 is 20.7 Å². The van der Waals surface area contributed by atoms with Crippen LogP contribution in [0.4, 0.5) is 0 Å². The number of rotatable bonds is 4. The summed E-state index contributed by atoms with van der Waals surface area (Å²) in [6.45, 7) is 0.712. The van der Waals surface area contributed by atoms with Gasteiger partial charge in [0, 0.05) is 27.7 Å². The van der Waals surface area contributed by atoms with Crippen molar-refractivity contribution in [1.82, 2.24) is 4.98 Å². The highest BCUT2D eigenvalue weighted by atomic mass is 127. The van der Waals surface area contributed by atoms with Crippen molar-refractivity contribution < 1.29 is 23.8 Å². The number of hydrogen-bond donors (Lipinski definition) is 0. The van der Waals surface area contributed by atoms with E-state index < -0.39 is 38.5 Å². The summed E-state index contributed by atoms with van der Waals surface area (Å²) in [6.07, 6.45) is 13.5. The van der Waals surface area contributed by atoms with E-state index in [1.165, 1.54) is 38.5 Å². The van der Waals surface area contributed by atoms with Gasteiger partial charge >= 0.3 is 11.9 Å². The minimum absolute atomic E-state index is 0.175. The van der Waals surface area contributed by atoms with Gasteiger partial charge in [-0.15, -0.1) is 0 Å². The molecular formula is C25H30INO5. The molecule has 1 aromatic heterocycles. The lowest BCUT2D eigenvalue weighted by molar-refractivity contribution is -0.308. The Morgan fingerprint density at radius 2 is 1.59 bits per heavy atom. The van der Waals surface area contributed by atoms with Crippen LogP contribution < -0.4 is 4.74 Å². The van der Waals surface area contributed by atoms with E-state index in [0.717, 1.165) is 29.3 Å². The standard InChI is InChI=1S/C25H30INO5/c28-23-22(26-20-6-7-21(27-13-20)30-14-15-4-2-1-3-5-15)24(29)32-25(31-23)18-9-16-8-17(11-18)12-19(25)10-16/h6-7,13,15-19H,1-5,8-12,14H2. The van der Waals surface area contributed by atoms with Gasteiger partial charge < -0.3 is 14.2 Å². The number of aromatic nitrogens is 1. The van der Waals surface area contributed by atoms with Gasteiger partial charge in [-0.25, -0.2) is 14.6 Å². The second-order valence-corrected chi connectivity index (χ2v) is 13.2. The third kappa shape index (κ3) is 3.78. The summed E-state index contributed by atoms with van der Waals surface area (Å²) < 4.78 is 18.9. The maximum Gasteiger partial charge on any atom is 0.354 e. The first-order valence-electron chi connectivity index (χ1n) is 12.2. The lowest BCUT2D eigenvalue weighted by atomic mass is 9.53. The van der Waals surface area contributed by atoms with Crippen LogP contribution in [-0.4, -0.2) is 32.8 Å². The largest absolute Gasteiger partial charge is 0.477 e. The van der Waals surface area contributed by atoms with E-state index in [9.17, 15) is 9.59 Å². The first kappa shape index (κ1) is 21.1. The number of pyridine rings is 1. The molecule has 0 amide bonds. The van der Waals surface area contributed by atoms with Crippen LogP contribution in [0.2, 0.25) is 0 Å². The Bertz CT molecular complexity index is 886. The quantitative estimate of drug-likeness (QED) is 0.402. The second-order valence-electron chi connectivity index (χ2n) is 10.3. The van der Waals surface area contributed by atoms with Gasteiger partial charge in [-0.1, -0.05) is 40.0 Å². The summed E-state index contributed by atoms with van der Waals surface area (Å²) in [4.78, 5) is 30.4. The molecule has 1 aliphatic heterocycles. The van der Waals surface area contributed by atoms with Crippen molar-refractivity contribution in [3.05, 3.63) is 21.9 Å². The zero-order valence-corrected chi connectivity index (χ0v) is 20.4. The van der Waals surface area contributed by atoms with Gasteiger partial charge in [0.1, 0.15) is 0 Å². The zero-order chi connectivity index (χ0) is 21.7. The Labute approximate surface area is 198 Å². The highest BCUT2D eigenvalue weighted by molar-refractivity contribution is 14.2. The summed E-state index contributed by atoms with van der Waals surface area (Å²) >= 11 is -1.02. The van der Waals surface area contributed by atoms with Gasteiger partial charge in [0.25, 0.3) is 5.79 Å². The Morgan fingerprint density at radius 1 is 0.938 bits per heavy atom. The molecule has 1 spiro atoms. The third-order valence-electron chi connectivity index (χ3n) is 8.23. The predicted molar refractivity (Wildman–Crippen MR) is 126 cm³/mol. The van der Waals surface area contributed by atoms with Crippen molar-refractivity contribution in [2.45, 2.75) is 70.0 Å².